The summed E-state index contributed by atoms with van der Waals surface area (Å²) in [5.74, 6) is 1.41. The van der Waals surface area contributed by atoms with E-state index in [-0.39, 0.29) is 0 Å². The van der Waals surface area contributed by atoms with Crippen LogP contribution in [-0.4, -0.2) is 23.6 Å². The molecule has 0 aromatic carbocycles. The van der Waals surface area contributed by atoms with Gasteiger partial charge in [0.05, 0.1) is 0 Å². The fourth-order valence-corrected chi connectivity index (χ4v) is 2.98. The van der Waals surface area contributed by atoms with Crippen LogP contribution in [0.4, 0.5) is 0 Å². The average Bonchev–Trinajstić information content (AvgIpc) is 2.11. The molecular formula is C7H13NS. The van der Waals surface area contributed by atoms with Crippen molar-refractivity contribution in [1.82, 2.24) is 5.32 Å². The first-order chi connectivity index (χ1) is 4.47. The zero-order valence-corrected chi connectivity index (χ0v) is 6.41. The molecule has 2 aliphatic heterocycles. The van der Waals surface area contributed by atoms with Gasteiger partial charge in [-0.1, -0.05) is 0 Å². The molecule has 0 aliphatic carbocycles. The van der Waals surface area contributed by atoms with Crippen molar-refractivity contribution in [2.24, 2.45) is 0 Å². The van der Waals surface area contributed by atoms with Gasteiger partial charge < -0.3 is 5.32 Å². The Hall–Kier alpha value is 0.310. The molecule has 2 heterocycles. The monoisotopic (exact) mass is 143 g/mol. The molecule has 9 heavy (non-hydrogen) atoms. The van der Waals surface area contributed by atoms with Crippen LogP contribution in [-0.2, 0) is 0 Å². The van der Waals surface area contributed by atoms with Gasteiger partial charge in [-0.05, 0) is 31.6 Å². The second-order valence-electron chi connectivity index (χ2n) is 2.90. The number of nitrogens with one attached hydrogen (secondary N) is 1. The highest BCUT2D eigenvalue weighted by Crippen LogP contribution is 2.31. The second-order valence-corrected chi connectivity index (χ2v) is 4.25. The summed E-state index contributed by atoms with van der Waals surface area (Å²) in [6.45, 7) is 1.27. The molecule has 2 fully saturated rings. The molecule has 2 atom stereocenters. The zero-order valence-electron chi connectivity index (χ0n) is 5.60. The fourth-order valence-electron chi connectivity index (χ4n) is 1.55. The number of rotatable bonds is 1. The normalized spacial score (nSPS) is 42.7. The molecule has 2 heteroatoms. The van der Waals surface area contributed by atoms with Crippen LogP contribution in [0.25, 0.3) is 0 Å². The third kappa shape index (κ3) is 1.10. The van der Waals surface area contributed by atoms with Crippen molar-refractivity contribution < 1.29 is 0 Å². The Balaban J connectivity index is 1.82. The molecule has 0 radical (unpaired) electrons. The lowest BCUT2D eigenvalue weighted by Gasteiger charge is -2.32. The predicted molar refractivity (Wildman–Crippen MR) is 41.9 cm³/mol. The summed E-state index contributed by atoms with van der Waals surface area (Å²) in [4.78, 5) is 0. The second kappa shape index (κ2) is 2.51. The highest BCUT2D eigenvalue weighted by Gasteiger charge is 2.29. The van der Waals surface area contributed by atoms with E-state index in [4.69, 9.17) is 0 Å². The molecule has 0 aromatic rings. The molecule has 1 N–H and O–H groups in total. The van der Waals surface area contributed by atoms with E-state index in [9.17, 15) is 0 Å². The smallest absolute Gasteiger partial charge is 0.0201 e. The van der Waals surface area contributed by atoms with Crippen LogP contribution in [0.1, 0.15) is 19.3 Å². The first-order valence-corrected chi connectivity index (χ1v) is 4.87. The van der Waals surface area contributed by atoms with Crippen LogP contribution >= 0.6 is 11.8 Å². The van der Waals surface area contributed by atoms with Crippen molar-refractivity contribution in [1.29, 1.82) is 0 Å². The van der Waals surface area contributed by atoms with E-state index in [2.05, 4.69) is 17.1 Å². The molecule has 1 nitrogen and oxygen atoms in total. The number of thioether (sulfide) groups is 1. The maximum atomic E-state index is 3.47. The molecule has 52 valence electrons. The minimum atomic E-state index is 0.887. The van der Waals surface area contributed by atoms with Crippen LogP contribution in [0.15, 0.2) is 0 Å². The Bertz CT molecular complexity index is 95.1. The molecule has 0 amide bonds. The van der Waals surface area contributed by atoms with Crippen LogP contribution in [0.3, 0.4) is 0 Å². The third-order valence-electron chi connectivity index (χ3n) is 2.28. The standard InChI is InChI=1S/C7H13NS/c1-2-7(9-5-1)6-3-4-8-6/h6-8H,1-5H2. The maximum absolute atomic E-state index is 3.47. The van der Waals surface area contributed by atoms with Gasteiger partial charge in [-0.15, -0.1) is 0 Å². The average molecular weight is 143 g/mol. The SMILES string of the molecule is C1CSC(C2CCN2)C1. The van der Waals surface area contributed by atoms with Crippen molar-refractivity contribution in [3.8, 4) is 0 Å². The van der Waals surface area contributed by atoms with E-state index < -0.39 is 0 Å². The lowest BCUT2D eigenvalue weighted by atomic mass is 10.0. The lowest BCUT2D eigenvalue weighted by Crippen LogP contribution is -2.48. The highest BCUT2D eigenvalue weighted by molar-refractivity contribution is 8.00. The van der Waals surface area contributed by atoms with Gasteiger partial charge in [-0.25, -0.2) is 0 Å². The van der Waals surface area contributed by atoms with Gasteiger partial charge in [-0.2, -0.15) is 11.8 Å². The summed E-state index contributed by atoms with van der Waals surface area (Å²) >= 11 is 2.16. The van der Waals surface area contributed by atoms with Gasteiger partial charge in [0.25, 0.3) is 0 Å². The highest BCUT2D eigenvalue weighted by atomic mass is 32.2. The summed E-state index contributed by atoms with van der Waals surface area (Å²) < 4.78 is 0. The molecule has 0 bridgehead atoms. The Morgan fingerprint density at radius 3 is 2.67 bits per heavy atom. The van der Waals surface area contributed by atoms with Crippen LogP contribution in [0.2, 0.25) is 0 Å². The van der Waals surface area contributed by atoms with E-state index in [0.29, 0.717) is 0 Å². The summed E-state index contributed by atoms with van der Waals surface area (Å²) in [5.41, 5.74) is 0. The summed E-state index contributed by atoms with van der Waals surface area (Å²) in [6.07, 6.45) is 4.34. The van der Waals surface area contributed by atoms with E-state index >= 15 is 0 Å². The Morgan fingerprint density at radius 1 is 1.33 bits per heavy atom. The number of hydrogen-bond acceptors (Lipinski definition) is 2. The molecule has 2 unspecified atom stereocenters. The molecule has 2 saturated heterocycles. The third-order valence-corrected chi connectivity index (χ3v) is 3.79. The molecule has 0 saturated carbocycles. The van der Waals surface area contributed by atoms with E-state index in [0.717, 1.165) is 11.3 Å². The van der Waals surface area contributed by atoms with Crippen molar-refractivity contribution in [3.05, 3.63) is 0 Å². The number of hydrogen-bond donors (Lipinski definition) is 1. The first-order valence-electron chi connectivity index (χ1n) is 3.82. The van der Waals surface area contributed by atoms with E-state index in [1.165, 1.54) is 31.6 Å². The zero-order chi connectivity index (χ0) is 6.10. The van der Waals surface area contributed by atoms with Crippen molar-refractivity contribution in [2.75, 3.05) is 12.3 Å². The van der Waals surface area contributed by atoms with Gasteiger partial charge in [0.2, 0.25) is 0 Å². The lowest BCUT2D eigenvalue weighted by molar-refractivity contribution is 0.357. The van der Waals surface area contributed by atoms with Crippen molar-refractivity contribution >= 4 is 11.8 Å². The minimum absolute atomic E-state index is 0.887. The van der Waals surface area contributed by atoms with Crippen molar-refractivity contribution in [3.63, 3.8) is 0 Å². The Morgan fingerprint density at radius 2 is 2.22 bits per heavy atom. The van der Waals surface area contributed by atoms with E-state index in [1.54, 1.807) is 0 Å². The van der Waals surface area contributed by atoms with E-state index in [1.807, 2.05) is 0 Å². The largest absolute Gasteiger partial charge is 0.313 e. The van der Waals surface area contributed by atoms with Gasteiger partial charge in [-0.3, -0.25) is 0 Å². The molecule has 0 aromatic heterocycles. The minimum Gasteiger partial charge on any atom is -0.313 e. The quantitative estimate of drug-likeness (QED) is 0.593. The summed E-state index contributed by atoms with van der Waals surface area (Å²) in [7, 11) is 0. The Kier molecular flexibility index (Phi) is 1.68. The maximum Gasteiger partial charge on any atom is 0.0201 e. The van der Waals surface area contributed by atoms with Crippen LogP contribution in [0, 0.1) is 0 Å². The topological polar surface area (TPSA) is 12.0 Å². The molecule has 2 aliphatic rings. The summed E-state index contributed by atoms with van der Waals surface area (Å²) in [5, 5.41) is 4.44. The fraction of sp³-hybridized carbons (Fsp3) is 1.00. The van der Waals surface area contributed by atoms with Crippen LogP contribution in [0.5, 0.6) is 0 Å². The van der Waals surface area contributed by atoms with Gasteiger partial charge in [0, 0.05) is 11.3 Å². The molecular weight excluding hydrogens is 130 g/mol. The van der Waals surface area contributed by atoms with Gasteiger partial charge in [0.15, 0.2) is 0 Å². The molecule has 2 rings (SSSR count). The molecule has 0 spiro atoms. The van der Waals surface area contributed by atoms with Gasteiger partial charge >= 0.3 is 0 Å². The first kappa shape index (κ1) is 6.05. The van der Waals surface area contributed by atoms with Gasteiger partial charge in [0.1, 0.15) is 0 Å². The summed E-state index contributed by atoms with van der Waals surface area (Å²) in [6, 6.07) is 0.887. The van der Waals surface area contributed by atoms with Crippen molar-refractivity contribution in [2.45, 2.75) is 30.6 Å². The van der Waals surface area contributed by atoms with Crippen LogP contribution < -0.4 is 5.32 Å². The predicted octanol–water partition coefficient (Wildman–Crippen LogP) is 1.24. The Labute approximate surface area is 60.6 Å².